The van der Waals surface area contributed by atoms with E-state index in [0.717, 1.165) is 12.3 Å². The Morgan fingerprint density at radius 2 is 2.00 bits per heavy atom. The van der Waals surface area contributed by atoms with E-state index in [1.54, 1.807) is 7.11 Å². The molecule has 0 aromatic heterocycles. The first-order valence-electron chi connectivity index (χ1n) is 6.44. The Hall–Kier alpha value is -1.02. The van der Waals surface area contributed by atoms with Crippen molar-refractivity contribution in [3.8, 4) is 5.75 Å². The summed E-state index contributed by atoms with van der Waals surface area (Å²) < 4.78 is 5.69. The molecule has 94 valence electrons. The molecule has 2 rings (SSSR count). The molecule has 2 nitrogen and oxygen atoms in total. The van der Waals surface area contributed by atoms with Gasteiger partial charge in [0.2, 0.25) is 0 Å². The molecule has 1 saturated carbocycles. The Morgan fingerprint density at radius 1 is 1.35 bits per heavy atom. The van der Waals surface area contributed by atoms with E-state index in [1.807, 2.05) is 0 Å². The average Bonchev–Trinajstić information content (AvgIpc) is 3.08. The minimum atomic E-state index is 0.195. The maximum atomic E-state index is 5.96. The van der Waals surface area contributed by atoms with Crippen molar-refractivity contribution in [2.24, 2.45) is 5.73 Å². The van der Waals surface area contributed by atoms with Crippen LogP contribution in [-0.4, -0.2) is 13.7 Å². The molecule has 2 heteroatoms. The van der Waals surface area contributed by atoms with Gasteiger partial charge in [-0.25, -0.2) is 0 Å². The fourth-order valence-electron chi connectivity index (χ4n) is 2.74. The Bertz CT molecular complexity index is 419. The topological polar surface area (TPSA) is 35.2 Å². The molecule has 0 radical (unpaired) electrons. The van der Waals surface area contributed by atoms with Gasteiger partial charge in [-0.2, -0.15) is 0 Å². The maximum absolute atomic E-state index is 5.96. The highest BCUT2D eigenvalue weighted by Gasteiger charge is 2.46. The number of hydrogen-bond donors (Lipinski definition) is 1. The van der Waals surface area contributed by atoms with Crippen LogP contribution in [0.25, 0.3) is 0 Å². The van der Waals surface area contributed by atoms with Crippen molar-refractivity contribution in [1.82, 2.24) is 0 Å². The Labute approximate surface area is 104 Å². The van der Waals surface area contributed by atoms with Crippen LogP contribution in [0.4, 0.5) is 0 Å². The van der Waals surface area contributed by atoms with Gasteiger partial charge in [-0.3, -0.25) is 0 Å². The lowest BCUT2D eigenvalue weighted by Crippen LogP contribution is -2.22. The summed E-state index contributed by atoms with van der Waals surface area (Å²) in [6, 6.07) is 4.40. The maximum Gasteiger partial charge on any atom is 0.126 e. The van der Waals surface area contributed by atoms with Gasteiger partial charge in [-0.1, -0.05) is 26.0 Å². The summed E-state index contributed by atoms with van der Waals surface area (Å²) in [4.78, 5) is 0. The number of benzene rings is 1. The van der Waals surface area contributed by atoms with Crippen molar-refractivity contribution in [2.75, 3.05) is 13.7 Å². The monoisotopic (exact) mass is 233 g/mol. The quantitative estimate of drug-likeness (QED) is 0.867. The smallest absolute Gasteiger partial charge is 0.126 e. The van der Waals surface area contributed by atoms with Crippen molar-refractivity contribution in [1.29, 1.82) is 0 Å². The number of methoxy groups -OCH3 is 1. The van der Waals surface area contributed by atoms with Crippen LogP contribution in [0.5, 0.6) is 5.75 Å². The molecular weight excluding hydrogens is 210 g/mol. The second kappa shape index (κ2) is 4.34. The van der Waals surface area contributed by atoms with Gasteiger partial charge in [0.1, 0.15) is 5.75 Å². The van der Waals surface area contributed by atoms with Gasteiger partial charge in [0.05, 0.1) is 7.11 Å². The third kappa shape index (κ3) is 1.95. The van der Waals surface area contributed by atoms with Crippen molar-refractivity contribution >= 4 is 0 Å². The molecule has 17 heavy (non-hydrogen) atoms. The van der Waals surface area contributed by atoms with E-state index in [2.05, 4.69) is 32.9 Å². The first-order valence-corrected chi connectivity index (χ1v) is 6.44. The van der Waals surface area contributed by atoms with E-state index >= 15 is 0 Å². The van der Waals surface area contributed by atoms with Crippen molar-refractivity contribution in [3.63, 3.8) is 0 Å². The van der Waals surface area contributed by atoms with E-state index in [9.17, 15) is 0 Å². The molecule has 0 aliphatic heterocycles. The molecule has 0 amide bonds. The molecule has 2 N–H and O–H groups in total. The highest BCUT2D eigenvalue weighted by atomic mass is 16.5. The van der Waals surface area contributed by atoms with Crippen LogP contribution in [0.1, 0.15) is 49.3 Å². The molecular formula is C15H23NO. The fraction of sp³-hybridized carbons (Fsp3) is 0.600. The van der Waals surface area contributed by atoms with Crippen LogP contribution >= 0.6 is 0 Å². The summed E-state index contributed by atoms with van der Waals surface area (Å²) in [6.07, 6.45) is 2.39. The zero-order chi connectivity index (χ0) is 12.6. The van der Waals surface area contributed by atoms with Crippen LogP contribution in [0, 0.1) is 6.92 Å². The first-order chi connectivity index (χ1) is 8.05. The summed E-state index contributed by atoms with van der Waals surface area (Å²) >= 11 is 0. The van der Waals surface area contributed by atoms with Crippen LogP contribution in [0.15, 0.2) is 12.1 Å². The normalized spacial score (nSPS) is 17.3. The summed E-state index contributed by atoms with van der Waals surface area (Å²) in [7, 11) is 1.77. The molecule has 1 aliphatic carbocycles. The van der Waals surface area contributed by atoms with Gasteiger partial charge in [-0.15, -0.1) is 0 Å². The number of aryl methyl sites for hydroxylation is 1. The molecule has 1 aromatic carbocycles. The third-order valence-electron chi connectivity index (χ3n) is 4.00. The van der Waals surface area contributed by atoms with Crippen LogP contribution in [0.3, 0.4) is 0 Å². The van der Waals surface area contributed by atoms with Crippen molar-refractivity contribution in [3.05, 3.63) is 28.8 Å². The summed E-state index contributed by atoms with van der Waals surface area (Å²) in [5.41, 5.74) is 10.1. The minimum absolute atomic E-state index is 0.195. The largest absolute Gasteiger partial charge is 0.496 e. The SMILES string of the molecule is COc1c(C(C)C)ccc(C)c1C1(CN)CC1. The molecule has 0 heterocycles. The summed E-state index contributed by atoms with van der Waals surface area (Å²) in [5, 5.41) is 0. The standard InChI is InChI=1S/C15H23NO/c1-10(2)12-6-5-11(3)13(14(12)17-4)15(9-16)7-8-15/h5-6,10H,7-9,16H2,1-4H3. The van der Waals surface area contributed by atoms with Crippen LogP contribution in [-0.2, 0) is 5.41 Å². The van der Waals surface area contributed by atoms with Crippen LogP contribution < -0.4 is 10.5 Å². The van der Waals surface area contributed by atoms with E-state index in [1.165, 1.54) is 29.5 Å². The Balaban J connectivity index is 2.60. The lowest BCUT2D eigenvalue weighted by molar-refractivity contribution is 0.396. The number of rotatable bonds is 4. The predicted octanol–water partition coefficient (Wildman–Crippen LogP) is 3.12. The van der Waals surface area contributed by atoms with E-state index in [4.69, 9.17) is 10.5 Å². The Kier molecular flexibility index (Phi) is 3.17. The molecule has 0 saturated heterocycles. The molecule has 1 fully saturated rings. The summed E-state index contributed by atoms with van der Waals surface area (Å²) in [5.74, 6) is 1.56. The summed E-state index contributed by atoms with van der Waals surface area (Å²) in [6.45, 7) is 7.31. The van der Waals surface area contributed by atoms with Crippen LogP contribution in [0.2, 0.25) is 0 Å². The Morgan fingerprint density at radius 3 is 2.41 bits per heavy atom. The van der Waals surface area contributed by atoms with Gasteiger partial charge >= 0.3 is 0 Å². The van der Waals surface area contributed by atoms with E-state index in [-0.39, 0.29) is 5.41 Å². The molecule has 0 spiro atoms. The molecule has 0 bridgehead atoms. The predicted molar refractivity (Wildman–Crippen MR) is 71.8 cm³/mol. The average molecular weight is 233 g/mol. The number of nitrogens with two attached hydrogens (primary N) is 1. The van der Waals surface area contributed by atoms with E-state index < -0.39 is 0 Å². The second-order valence-corrected chi connectivity index (χ2v) is 5.52. The molecule has 0 unspecified atom stereocenters. The highest BCUT2D eigenvalue weighted by Crippen LogP contribution is 2.53. The van der Waals surface area contributed by atoms with Gasteiger partial charge < -0.3 is 10.5 Å². The lowest BCUT2D eigenvalue weighted by atomic mass is 9.86. The zero-order valence-corrected chi connectivity index (χ0v) is 11.3. The van der Waals surface area contributed by atoms with Crippen molar-refractivity contribution in [2.45, 2.75) is 44.9 Å². The second-order valence-electron chi connectivity index (χ2n) is 5.52. The van der Waals surface area contributed by atoms with Crippen molar-refractivity contribution < 1.29 is 4.74 Å². The number of ether oxygens (including phenoxy) is 1. The molecule has 1 aliphatic rings. The van der Waals surface area contributed by atoms with Gasteiger partial charge in [0.25, 0.3) is 0 Å². The first kappa shape index (κ1) is 12.4. The van der Waals surface area contributed by atoms with Gasteiger partial charge in [-0.05, 0) is 36.8 Å². The highest BCUT2D eigenvalue weighted by molar-refractivity contribution is 5.53. The van der Waals surface area contributed by atoms with E-state index in [0.29, 0.717) is 5.92 Å². The molecule has 1 aromatic rings. The zero-order valence-electron chi connectivity index (χ0n) is 11.3. The lowest BCUT2D eigenvalue weighted by Gasteiger charge is -2.23. The minimum Gasteiger partial charge on any atom is -0.496 e. The van der Waals surface area contributed by atoms with Gasteiger partial charge in [0.15, 0.2) is 0 Å². The third-order valence-corrected chi connectivity index (χ3v) is 4.00. The van der Waals surface area contributed by atoms with Gasteiger partial charge in [0, 0.05) is 17.5 Å². The number of hydrogen-bond acceptors (Lipinski definition) is 2. The fourth-order valence-corrected chi connectivity index (χ4v) is 2.74. The molecule has 0 atom stereocenters.